The van der Waals surface area contributed by atoms with E-state index in [-0.39, 0.29) is 0 Å². The minimum atomic E-state index is -0.741. The number of hydrogen-bond donors (Lipinski definition) is 1. The van der Waals surface area contributed by atoms with Crippen LogP contribution in [0.4, 0.5) is 0 Å². The van der Waals surface area contributed by atoms with Crippen LogP contribution in [-0.2, 0) is 14.4 Å². The summed E-state index contributed by atoms with van der Waals surface area (Å²) in [7, 11) is 0. The summed E-state index contributed by atoms with van der Waals surface area (Å²) in [6.07, 6.45) is -0.287. The molecule has 1 aliphatic rings. The van der Waals surface area contributed by atoms with E-state index in [1.165, 1.54) is 0 Å². The fourth-order valence-electron chi connectivity index (χ4n) is 0.573. The first-order valence-corrected chi connectivity index (χ1v) is 2.31. The molecule has 4 nitrogen and oxygen atoms in total. The number of esters is 1. The molecule has 1 saturated heterocycles. The maximum atomic E-state index is 10.3. The zero-order valence-corrected chi connectivity index (χ0v) is 4.16. The van der Waals surface area contributed by atoms with Gasteiger partial charge in [0.1, 0.15) is 0 Å². The number of ether oxygens (including phenoxy) is 1. The Morgan fingerprint density at radius 1 is 1.88 bits per heavy atom. The number of carbonyl (C=O) groups excluding carboxylic acids is 1. The first kappa shape index (κ1) is 5.53. The van der Waals surface area contributed by atoms with Crippen LogP contribution in [0.1, 0.15) is 6.42 Å². The van der Waals surface area contributed by atoms with Crippen molar-refractivity contribution in [2.24, 2.45) is 0 Å². The largest absolute Gasteiger partial charge is 0.464 e. The Morgan fingerprint density at radius 2 is 2.62 bits per heavy atom. The minimum absolute atomic E-state index is 0.351. The van der Waals surface area contributed by atoms with Gasteiger partial charge in [0, 0.05) is 6.42 Å². The smallest absolute Gasteiger partial charge is 0.338 e. The van der Waals surface area contributed by atoms with Crippen molar-refractivity contribution in [2.75, 3.05) is 6.61 Å². The first-order chi connectivity index (χ1) is 3.84. The molecule has 0 aromatic heterocycles. The van der Waals surface area contributed by atoms with Crippen LogP contribution in [0.5, 0.6) is 0 Å². The van der Waals surface area contributed by atoms with Crippen LogP contribution < -0.4 is 0 Å². The van der Waals surface area contributed by atoms with Crippen molar-refractivity contribution >= 4 is 5.97 Å². The van der Waals surface area contributed by atoms with Gasteiger partial charge < -0.3 is 4.74 Å². The summed E-state index contributed by atoms with van der Waals surface area (Å²) in [4.78, 5) is 14.0. The van der Waals surface area contributed by atoms with Gasteiger partial charge in [-0.2, -0.15) is 0 Å². The zero-order valence-electron chi connectivity index (χ0n) is 4.16. The molecule has 1 unspecified atom stereocenters. The van der Waals surface area contributed by atoms with Gasteiger partial charge >= 0.3 is 5.97 Å². The first-order valence-electron chi connectivity index (χ1n) is 2.31. The van der Waals surface area contributed by atoms with Crippen LogP contribution in [0.2, 0.25) is 0 Å². The van der Waals surface area contributed by atoms with Gasteiger partial charge in [0.05, 0.1) is 6.61 Å². The van der Waals surface area contributed by atoms with Gasteiger partial charge in [-0.05, 0) is 0 Å². The van der Waals surface area contributed by atoms with E-state index in [0.717, 1.165) is 0 Å². The minimum Gasteiger partial charge on any atom is -0.464 e. The lowest BCUT2D eigenvalue weighted by Crippen LogP contribution is -2.15. The van der Waals surface area contributed by atoms with E-state index in [9.17, 15) is 4.79 Å². The molecule has 46 valence electrons. The topological polar surface area (TPSA) is 55.8 Å². The Hall–Kier alpha value is -0.610. The van der Waals surface area contributed by atoms with Crippen molar-refractivity contribution < 1.29 is 19.7 Å². The molecule has 1 rings (SSSR count). The van der Waals surface area contributed by atoms with Crippen LogP contribution >= 0.6 is 0 Å². The third kappa shape index (κ3) is 0.801. The average molecular weight is 118 g/mol. The molecule has 1 heterocycles. The molecule has 0 aromatic rings. The van der Waals surface area contributed by atoms with Gasteiger partial charge in [-0.15, -0.1) is 0 Å². The number of carbonyl (C=O) groups is 1. The summed E-state index contributed by atoms with van der Waals surface area (Å²) in [5.74, 6) is -0.479. The number of cyclic esters (lactones) is 1. The molecule has 0 saturated carbocycles. The predicted molar refractivity (Wildman–Crippen MR) is 23.1 cm³/mol. The van der Waals surface area contributed by atoms with E-state index in [0.29, 0.717) is 13.0 Å². The van der Waals surface area contributed by atoms with Crippen molar-refractivity contribution in [1.82, 2.24) is 0 Å². The molecule has 1 fully saturated rings. The highest BCUT2D eigenvalue weighted by atomic mass is 17.1. The van der Waals surface area contributed by atoms with E-state index in [1.54, 1.807) is 0 Å². The average Bonchev–Trinajstić information content (AvgIpc) is 2.14. The van der Waals surface area contributed by atoms with Crippen LogP contribution in [0, 0.1) is 0 Å². The Labute approximate surface area is 45.9 Å². The van der Waals surface area contributed by atoms with Crippen molar-refractivity contribution in [3.63, 3.8) is 0 Å². The molecular formula is C4H6O4. The van der Waals surface area contributed by atoms with Crippen LogP contribution in [0.25, 0.3) is 0 Å². The van der Waals surface area contributed by atoms with Gasteiger partial charge in [0.2, 0.25) is 0 Å². The molecule has 1 atom stereocenters. The molecule has 0 spiro atoms. The Balaban J connectivity index is 2.42. The SMILES string of the molecule is O=C1OCCC1OO. The third-order valence-electron chi connectivity index (χ3n) is 1.01. The summed E-state index contributed by atoms with van der Waals surface area (Å²) < 4.78 is 4.43. The van der Waals surface area contributed by atoms with E-state index in [4.69, 9.17) is 5.26 Å². The van der Waals surface area contributed by atoms with Crippen molar-refractivity contribution in [1.29, 1.82) is 0 Å². The van der Waals surface area contributed by atoms with Gasteiger partial charge in [-0.1, -0.05) is 0 Å². The molecule has 1 aliphatic heterocycles. The molecule has 0 radical (unpaired) electrons. The Morgan fingerprint density at radius 3 is 2.88 bits per heavy atom. The molecule has 8 heavy (non-hydrogen) atoms. The fourth-order valence-corrected chi connectivity index (χ4v) is 0.573. The van der Waals surface area contributed by atoms with Crippen molar-refractivity contribution in [2.45, 2.75) is 12.5 Å². The van der Waals surface area contributed by atoms with Crippen molar-refractivity contribution in [3.8, 4) is 0 Å². The summed E-state index contributed by atoms with van der Waals surface area (Å²) in [5, 5.41) is 7.94. The second kappa shape index (κ2) is 2.11. The highest BCUT2D eigenvalue weighted by Gasteiger charge is 2.27. The monoisotopic (exact) mass is 118 g/mol. The molecule has 0 amide bonds. The summed E-state index contributed by atoms with van der Waals surface area (Å²) >= 11 is 0. The second-order valence-corrected chi connectivity index (χ2v) is 1.55. The zero-order chi connectivity index (χ0) is 5.98. The molecule has 1 N–H and O–H groups in total. The standard InChI is InChI=1S/C4H6O4/c5-4-3(8-6)1-2-7-4/h3,6H,1-2H2. The van der Waals surface area contributed by atoms with Crippen molar-refractivity contribution in [3.05, 3.63) is 0 Å². The van der Waals surface area contributed by atoms with Crippen LogP contribution in [-0.4, -0.2) is 23.9 Å². The Bertz CT molecular complexity index is 100. The third-order valence-corrected chi connectivity index (χ3v) is 1.01. The van der Waals surface area contributed by atoms with E-state index in [1.807, 2.05) is 0 Å². The highest BCUT2D eigenvalue weighted by Crippen LogP contribution is 2.07. The maximum absolute atomic E-state index is 10.3. The lowest BCUT2D eigenvalue weighted by molar-refractivity contribution is -0.270. The van der Waals surface area contributed by atoms with Gasteiger partial charge in [-0.25, -0.2) is 9.68 Å². The lowest BCUT2D eigenvalue weighted by Gasteiger charge is -1.95. The van der Waals surface area contributed by atoms with Gasteiger partial charge in [-0.3, -0.25) is 5.26 Å². The summed E-state index contributed by atoms with van der Waals surface area (Å²) in [6.45, 7) is 0.351. The van der Waals surface area contributed by atoms with Gasteiger partial charge in [0.15, 0.2) is 6.10 Å². The van der Waals surface area contributed by atoms with Gasteiger partial charge in [0.25, 0.3) is 0 Å². The maximum Gasteiger partial charge on any atom is 0.338 e. The number of rotatable bonds is 1. The fraction of sp³-hybridized carbons (Fsp3) is 0.750. The molecule has 0 aliphatic carbocycles. The number of hydrogen-bond acceptors (Lipinski definition) is 4. The lowest BCUT2D eigenvalue weighted by atomic mass is 10.3. The molecule has 4 heteroatoms. The summed E-state index contributed by atoms with van der Waals surface area (Å²) in [6, 6.07) is 0. The molecule has 0 aromatic carbocycles. The van der Waals surface area contributed by atoms with E-state index < -0.39 is 12.1 Å². The quantitative estimate of drug-likeness (QED) is 0.294. The van der Waals surface area contributed by atoms with E-state index >= 15 is 0 Å². The molecular weight excluding hydrogens is 112 g/mol. The highest BCUT2D eigenvalue weighted by molar-refractivity contribution is 5.76. The summed E-state index contributed by atoms with van der Waals surface area (Å²) in [5.41, 5.74) is 0. The second-order valence-electron chi connectivity index (χ2n) is 1.55. The van der Waals surface area contributed by atoms with Crippen LogP contribution in [0.15, 0.2) is 0 Å². The normalized spacial score (nSPS) is 28.1. The van der Waals surface area contributed by atoms with E-state index in [2.05, 4.69) is 9.62 Å². The van der Waals surface area contributed by atoms with Crippen LogP contribution in [0.3, 0.4) is 0 Å². The molecule has 0 bridgehead atoms. The Kier molecular flexibility index (Phi) is 1.45. The predicted octanol–water partition coefficient (Wildman–Crippen LogP) is -0.209.